The van der Waals surface area contributed by atoms with Crippen LogP contribution in [0.5, 0.6) is 0 Å². The van der Waals surface area contributed by atoms with Gasteiger partial charge in [0, 0.05) is 12.8 Å². The molecule has 0 aliphatic rings. The number of rotatable bonds is 36. The molecule has 298 valence electrons. The quantitative estimate of drug-likeness (QED) is 0.0205. The summed E-state index contributed by atoms with van der Waals surface area (Å²) in [7, 11) is 1.13. The molecule has 10 heteroatoms. The molecule has 0 saturated carbocycles. The van der Waals surface area contributed by atoms with E-state index < -0.39 is 32.5 Å². The predicted octanol–water partition coefficient (Wildman–Crippen LogP) is 10.3. The van der Waals surface area contributed by atoms with Crippen LogP contribution in [0.4, 0.5) is 0 Å². The fourth-order valence-corrected chi connectivity index (χ4v) is 5.93. The molecule has 1 unspecified atom stereocenters. The Kier molecular flexibility index (Phi) is 32.8. The van der Waals surface area contributed by atoms with Crippen molar-refractivity contribution >= 4 is 19.8 Å². The molecule has 0 heterocycles. The molecule has 0 bridgehead atoms. The third kappa shape index (κ3) is 37.8. The fraction of sp³-hybridized carbons (Fsp3) is 0.805. The van der Waals surface area contributed by atoms with Crippen LogP contribution in [0.3, 0.4) is 0 Å². The van der Waals surface area contributed by atoms with E-state index in [-0.39, 0.29) is 26.1 Å². The van der Waals surface area contributed by atoms with Gasteiger partial charge in [-0.05, 0) is 44.9 Å². The van der Waals surface area contributed by atoms with Crippen molar-refractivity contribution in [2.24, 2.45) is 0 Å². The Morgan fingerprint density at radius 1 is 0.608 bits per heavy atom. The van der Waals surface area contributed by atoms with Crippen molar-refractivity contribution in [3.8, 4) is 0 Å². The average molecular weight is 742 g/mol. The highest BCUT2D eigenvalue weighted by molar-refractivity contribution is 7.45. The van der Waals surface area contributed by atoms with Crippen LogP contribution < -0.4 is 4.89 Å². The normalized spacial score (nSPS) is 14.1. The van der Waals surface area contributed by atoms with Crippen LogP contribution in [0.25, 0.3) is 0 Å². The summed E-state index contributed by atoms with van der Waals surface area (Å²) in [5.74, 6) is -0.898. The van der Waals surface area contributed by atoms with Gasteiger partial charge in [-0.2, -0.15) is 0 Å². The second-order valence-electron chi connectivity index (χ2n) is 14.7. The molecule has 0 N–H and O–H groups in total. The number of nitrogens with zero attached hydrogens (tertiary/aromatic N) is 1. The van der Waals surface area contributed by atoms with Crippen molar-refractivity contribution in [2.75, 3.05) is 47.5 Å². The van der Waals surface area contributed by atoms with E-state index in [1.165, 1.54) is 83.5 Å². The molecule has 0 radical (unpaired) electrons. The fourth-order valence-electron chi connectivity index (χ4n) is 5.20. The molecule has 9 nitrogen and oxygen atoms in total. The molecule has 0 aromatic heterocycles. The lowest BCUT2D eigenvalue weighted by Gasteiger charge is -2.28. The maximum atomic E-state index is 12.6. The van der Waals surface area contributed by atoms with Gasteiger partial charge >= 0.3 is 11.9 Å². The Morgan fingerprint density at radius 2 is 1.08 bits per heavy atom. The molecule has 0 fully saturated rings. The zero-order valence-electron chi connectivity index (χ0n) is 33.3. The van der Waals surface area contributed by atoms with E-state index >= 15 is 0 Å². The topological polar surface area (TPSA) is 111 Å². The standard InChI is InChI=1S/C41H76NO8P/c1-6-8-10-12-14-16-18-19-20-21-22-23-24-26-28-30-32-34-41(44)50-39(38-49-51(45,46)48-36-35-42(3,4)5)37-47-40(43)33-31-29-27-25-17-15-13-11-9-7-2/h19-20,22-23,26,28,39H,6-18,21,24-25,27,29-38H2,1-5H3/b20-19+,23-22+,28-26+/t39-/m1/s1. The third-order valence-corrected chi connectivity index (χ3v) is 9.38. The lowest BCUT2D eigenvalue weighted by molar-refractivity contribution is -0.870. The van der Waals surface area contributed by atoms with Gasteiger partial charge in [0.25, 0.3) is 7.82 Å². The van der Waals surface area contributed by atoms with Crippen LogP contribution in [0.15, 0.2) is 36.5 Å². The number of hydrogen-bond donors (Lipinski definition) is 0. The number of allylic oxidation sites excluding steroid dienone is 6. The molecule has 0 saturated heterocycles. The van der Waals surface area contributed by atoms with Gasteiger partial charge in [0.1, 0.15) is 19.8 Å². The van der Waals surface area contributed by atoms with Crippen LogP contribution in [-0.2, 0) is 32.7 Å². The smallest absolute Gasteiger partial charge is 0.306 e. The molecular formula is C41H76NO8P. The van der Waals surface area contributed by atoms with Crippen molar-refractivity contribution in [1.29, 1.82) is 0 Å². The van der Waals surface area contributed by atoms with Crippen molar-refractivity contribution in [2.45, 2.75) is 168 Å². The minimum atomic E-state index is -4.63. The Balaban J connectivity index is 4.49. The van der Waals surface area contributed by atoms with Crippen molar-refractivity contribution in [3.05, 3.63) is 36.5 Å². The summed E-state index contributed by atoms with van der Waals surface area (Å²) in [4.78, 5) is 37.3. The van der Waals surface area contributed by atoms with Crippen LogP contribution >= 0.6 is 7.82 Å². The molecule has 0 aliphatic carbocycles. The minimum Gasteiger partial charge on any atom is -0.756 e. The van der Waals surface area contributed by atoms with E-state index in [0.717, 1.165) is 38.5 Å². The summed E-state index contributed by atoms with van der Waals surface area (Å²) < 4.78 is 33.7. The molecule has 0 aromatic carbocycles. The Hall–Kier alpha value is -1.77. The second kappa shape index (κ2) is 34.0. The SMILES string of the molecule is CCCCCCCC/C=C/C/C=C/C/C=C/CCCC(=O)O[C@H](COC(=O)CCCCCCCCCCCC)COP(=O)([O-])OCC[N+](C)(C)C. The number of unbranched alkanes of at least 4 members (excludes halogenated alkanes) is 16. The van der Waals surface area contributed by atoms with Crippen LogP contribution in [0, 0.1) is 0 Å². The van der Waals surface area contributed by atoms with Gasteiger partial charge < -0.3 is 27.9 Å². The number of ether oxygens (including phenoxy) is 2. The van der Waals surface area contributed by atoms with E-state index in [1.807, 2.05) is 27.2 Å². The summed E-state index contributed by atoms with van der Waals surface area (Å²) in [5, 5.41) is 0. The Bertz CT molecular complexity index is 975. The van der Waals surface area contributed by atoms with Crippen molar-refractivity contribution in [3.63, 3.8) is 0 Å². The summed E-state index contributed by atoms with van der Waals surface area (Å²) in [6.07, 6.45) is 36.1. The van der Waals surface area contributed by atoms with Gasteiger partial charge in [-0.3, -0.25) is 14.2 Å². The van der Waals surface area contributed by atoms with Crippen LogP contribution in [-0.4, -0.2) is 70.0 Å². The number of carbonyl (C=O) groups is 2. The van der Waals surface area contributed by atoms with Crippen molar-refractivity contribution < 1.29 is 42.1 Å². The first kappa shape index (κ1) is 49.2. The Morgan fingerprint density at radius 3 is 1.63 bits per heavy atom. The van der Waals surface area contributed by atoms with E-state index in [4.69, 9.17) is 18.5 Å². The highest BCUT2D eigenvalue weighted by atomic mass is 31.2. The zero-order chi connectivity index (χ0) is 37.9. The van der Waals surface area contributed by atoms with Gasteiger partial charge in [0.05, 0.1) is 27.7 Å². The van der Waals surface area contributed by atoms with Gasteiger partial charge in [-0.1, -0.05) is 140 Å². The first-order valence-electron chi connectivity index (χ1n) is 20.2. The maximum absolute atomic E-state index is 12.6. The number of hydrogen-bond acceptors (Lipinski definition) is 8. The largest absolute Gasteiger partial charge is 0.756 e. The first-order chi connectivity index (χ1) is 24.5. The number of phosphoric acid groups is 1. The third-order valence-electron chi connectivity index (χ3n) is 8.41. The number of phosphoric ester groups is 1. The first-order valence-corrected chi connectivity index (χ1v) is 21.7. The second-order valence-corrected chi connectivity index (χ2v) is 16.1. The summed E-state index contributed by atoms with van der Waals surface area (Å²) >= 11 is 0. The van der Waals surface area contributed by atoms with E-state index in [1.54, 1.807) is 0 Å². The number of esters is 2. The summed E-state index contributed by atoms with van der Waals surface area (Å²) in [6, 6.07) is 0. The van der Waals surface area contributed by atoms with E-state index in [9.17, 15) is 19.0 Å². The average Bonchev–Trinajstić information content (AvgIpc) is 3.07. The van der Waals surface area contributed by atoms with Gasteiger partial charge in [0.2, 0.25) is 0 Å². The Labute approximate surface area is 312 Å². The molecule has 0 aliphatic heterocycles. The lowest BCUT2D eigenvalue weighted by Crippen LogP contribution is -2.37. The highest BCUT2D eigenvalue weighted by Gasteiger charge is 2.21. The molecule has 0 amide bonds. The minimum absolute atomic E-state index is 0.0394. The highest BCUT2D eigenvalue weighted by Crippen LogP contribution is 2.38. The van der Waals surface area contributed by atoms with Gasteiger partial charge in [0.15, 0.2) is 6.10 Å². The number of quaternary nitrogens is 1. The molecule has 0 aromatic rings. The monoisotopic (exact) mass is 742 g/mol. The molecule has 0 rings (SSSR count). The molecule has 0 spiro atoms. The summed E-state index contributed by atoms with van der Waals surface area (Å²) in [6.45, 7) is 4.13. The molecule has 2 atom stereocenters. The predicted molar refractivity (Wildman–Crippen MR) is 208 cm³/mol. The summed E-state index contributed by atoms with van der Waals surface area (Å²) in [5.41, 5.74) is 0. The molecule has 51 heavy (non-hydrogen) atoms. The van der Waals surface area contributed by atoms with Crippen LogP contribution in [0.1, 0.15) is 162 Å². The van der Waals surface area contributed by atoms with E-state index in [2.05, 4.69) is 44.2 Å². The van der Waals surface area contributed by atoms with Crippen molar-refractivity contribution in [1.82, 2.24) is 0 Å². The van der Waals surface area contributed by atoms with Gasteiger partial charge in [-0.15, -0.1) is 0 Å². The van der Waals surface area contributed by atoms with Gasteiger partial charge in [-0.25, -0.2) is 0 Å². The number of carbonyl (C=O) groups excluding carboxylic acids is 2. The maximum Gasteiger partial charge on any atom is 0.306 e. The van der Waals surface area contributed by atoms with Crippen LogP contribution in [0.2, 0.25) is 0 Å². The molecular weight excluding hydrogens is 665 g/mol. The lowest BCUT2D eigenvalue weighted by atomic mass is 10.1. The number of likely N-dealkylation sites (N-methyl/N-ethyl adjacent to an activating group) is 1. The van der Waals surface area contributed by atoms with E-state index in [0.29, 0.717) is 23.9 Å². The zero-order valence-corrected chi connectivity index (χ0v) is 34.2.